The molecule has 0 aliphatic carbocycles. The summed E-state index contributed by atoms with van der Waals surface area (Å²) in [6.07, 6.45) is 0.125. The summed E-state index contributed by atoms with van der Waals surface area (Å²) in [7, 11) is 0. The van der Waals surface area contributed by atoms with Gasteiger partial charge >= 0.3 is 5.97 Å². The van der Waals surface area contributed by atoms with Gasteiger partial charge in [0, 0.05) is 31.3 Å². The molecule has 2 amide bonds. The highest BCUT2D eigenvalue weighted by atomic mass is 32.2. The fraction of sp³-hybridized carbons (Fsp3) is 0.700. The number of carboxylic acid groups (broad SMARTS) is 1. The van der Waals surface area contributed by atoms with E-state index in [4.69, 9.17) is 5.11 Å². The third-order valence-electron chi connectivity index (χ3n) is 2.34. The van der Waals surface area contributed by atoms with Crippen LogP contribution in [0.3, 0.4) is 0 Å². The lowest BCUT2D eigenvalue weighted by Gasteiger charge is -2.15. The zero-order valence-electron chi connectivity index (χ0n) is 9.64. The van der Waals surface area contributed by atoms with Crippen molar-refractivity contribution in [3.05, 3.63) is 0 Å². The van der Waals surface area contributed by atoms with E-state index in [1.807, 2.05) is 0 Å². The van der Waals surface area contributed by atoms with Crippen molar-refractivity contribution in [3.63, 3.8) is 0 Å². The lowest BCUT2D eigenvalue weighted by molar-refractivity contribution is -0.137. The number of carbonyl (C=O) groups is 3. The second kappa shape index (κ2) is 6.48. The highest BCUT2D eigenvalue weighted by Gasteiger charge is 2.21. The van der Waals surface area contributed by atoms with Crippen molar-refractivity contribution in [1.29, 1.82) is 0 Å². The van der Waals surface area contributed by atoms with Gasteiger partial charge in [0.05, 0.1) is 6.42 Å². The van der Waals surface area contributed by atoms with E-state index in [1.165, 1.54) is 11.8 Å². The van der Waals surface area contributed by atoms with E-state index in [-0.39, 0.29) is 30.0 Å². The van der Waals surface area contributed by atoms with Crippen LogP contribution in [0.15, 0.2) is 0 Å². The Morgan fingerprint density at radius 1 is 1.59 bits per heavy atom. The third kappa shape index (κ3) is 5.08. The van der Waals surface area contributed by atoms with Gasteiger partial charge in [-0.2, -0.15) is 0 Å². The predicted octanol–water partition coefficient (Wildman–Crippen LogP) is 0.525. The molecule has 96 valence electrons. The van der Waals surface area contributed by atoms with E-state index in [9.17, 15) is 14.4 Å². The Hall–Kier alpha value is -1.24. The number of nitrogens with zero attached hydrogens (tertiary/aromatic N) is 1. The molecule has 7 heteroatoms. The van der Waals surface area contributed by atoms with Gasteiger partial charge in [0.2, 0.25) is 5.91 Å². The second-order valence-electron chi connectivity index (χ2n) is 3.92. The standard InChI is InChI=1S/C10H16N2O4S/c1-7(6-9(14)15)11-8(13)2-3-12-4-5-17-10(12)16/h7H,2-6H2,1H3,(H,11,13)(H,14,15). The zero-order chi connectivity index (χ0) is 12.8. The largest absolute Gasteiger partial charge is 0.481 e. The first kappa shape index (κ1) is 13.8. The van der Waals surface area contributed by atoms with Crippen LogP contribution in [0.5, 0.6) is 0 Å². The number of amides is 2. The van der Waals surface area contributed by atoms with Gasteiger partial charge in [0.25, 0.3) is 5.24 Å². The summed E-state index contributed by atoms with van der Waals surface area (Å²) in [5.74, 6) is -0.386. The monoisotopic (exact) mass is 260 g/mol. The normalized spacial score (nSPS) is 17.0. The van der Waals surface area contributed by atoms with Crippen LogP contribution in [0.2, 0.25) is 0 Å². The number of thioether (sulfide) groups is 1. The Bertz CT molecular complexity index is 321. The number of rotatable bonds is 6. The van der Waals surface area contributed by atoms with Gasteiger partial charge in [-0.05, 0) is 6.92 Å². The van der Waals surface area contributed by atoms with Crippen molar-refractivity contribution in [2.75, 3.05) is 18.8 Å². The molecule has 1 aliphatic heterocycles. The molecule has 0 radical (unpaired) electrons. The van der Waals surface area contributed by atoms with E-state index >= 15 is 0 Å². The minimum Gasteiger partial charge on any atom is -0.481 e. The van der Waals surface area contributed by atoms with E-state index in [0.717, 1.165) is 5.75 Å². The molecule has 1 saturated heterocycles. The predicted molar refractivity (Wildman–Crippen MR) is 63.9 cm³/mol. The van der Waals surface area contributed by atoms with Crippen molar-refractivity contribution in [1.82, 2.24) is 10.2 Å². The third-order valence-corrected chi connectivity index (χ3v) is 3.23. The number of nitrogens with one attached hydrogen (secondary N) is 1. The highest BCUT2D eigenvalue weighted by molar-refractivity contribution is 8.13. The molecule has 6 nitrogen and oxygen atoms in total. The molecule has 0 aromatic heterocycles. The van der Waals surface area contributed by atoms with E-state index < -0.39 is 5.97 Å². The van der Waals surface area contributed by atoms with Crippen molar-refractivity contribution < 1.29 is 19.5 Å². The van der Waals surface area contributed by atoms with Gasteiger partial charge in [0.15, 0.2) is 0 Å². The van der Waals surface area contributed by atoms with E-state index in [0.29, 0.717) is 13.1 Å². The number of hydrogen-bond donors (Lipinski definition) is 2. The van der Waals surface area contributed by atoms with Gasteiger partial charge < -0.3 is 15.3 Å². The molecule has 2 N–H and O–H groups in total. The number of carbonyl (C=O) groups excluding carboxylic acids is 2. The molecule has 0 aromatic carbocycles. The number of hydrogen-bond acceptors (Lipinski definition) is 4. The van der Waals surface area contributed by atoms with Crippen molar-refractivity contribution >= 4 is 28.9 Å². The minimum absolute atomic E-state index is 0.0105. The first-order valence-corrected chi connectivity index (χ1v) is 6.40. The fourth-order valence-corrected chi connectivity index (χ4v) is 2.38. The van der Waals surface area contributed by atoms with Gasteiger partial charge in [-0.25, -0.2) is 0 Å². The maximum absolute atomic E-state index is 11.4. The summed E-state index contributed by atoms with van der Waals surface area (Å²) in [4.78, 5) is 34.7. The van der Waals surface area contributed by atoms with Gasteiger partial charge in [-0.15, -0.1) is 0 Å². The molecule has 1 unspecified atom stereocenters. The highest BCUT2D eigenvalue weighted by Crippen LogP contribution is 2.16. The van der Waals surface area contributed by atoms with Crippen LogP contribution < -0.4 is 5.32 Å². The van der Waals surface area contributed by atoms with Crippen molar-refractivity contribution in [2.45, 2.75) is 25.8 Å². The zero-order valence-corrected chi connectivity index (χ0v) is 10.5. The van der Waals surface area contributed by atoms with Gasteiger partial charge in [-0.3, -0.25) is 14.4 Å². The van der Waals surface area contributed by atoms with Crippen LogP contribution in [0.25, 0.3) is 0 Å². The Morgan fingerprint density at radius 3 is 2.82 bits per heavy atom. The topological polar surface area (TPSA) is 86.7 Å². The quantitative estimate of drug-likeness (QED) is 0.727. The summed E-state index contributed by atoms with van der Waals surface area (Å²) < 4.78 is 0. The van der Waals surface area contributed by atoms with E-state index in [1.54, 1.807) is 11.8 Å². The summed E-state index contributed by atoms with van der Waals surface area (Å²) in [6, 6.07) is -0.386. The number of aliphatic carboxylic acids is 1. The van der Waals surface area contributed by atoms with Gasteiger partial charge in [0.1, 0.15) is 0 Å². The van der Waals surface area contributed by atoms with Crippen LogP contribution in [0.1, 0.15) is 19.8 Å². The molecular formula is C10H16N2O4S. The smallest absolute Gasteiger partial charge is 0.305 e. The fourth-order valence-electron chi connectivity index (χ4n) is 1.53. The summed E-state index contributed by atoms with van der Waals surface area (Å²) in [5, 5.41) is 11.1. The Kier molecular flexibility index (Phi) is 5.27. The molecular weight excluding hydrogens is 244 g/mol. The van der Waals surface area contributed by atoms with Crippen LogP contribution in [0, 0.1) is 0 Å². The van der Waals surface area contributed by atoms with Crippen LogP contribution >= 0.6 is 11.8 Å². The number of carboxylic acids is 1. The Morgan fingerprint density at radius 2 is 2.29 bits per heavy atom. The van der Waals surface area contributed by atoms with Gasteiger partial charge in [-0.1, -0.05) is 11.8 Å². The molecule has 1 rings (SSSR count). The molecule has 17 heavy (non-hydrogen) atoms. The van der Waals surface area contributed by atoms with Crippen molar-refractivity contribution in [2.24, 2.45) is 0 Å². The lowest BCUT2D eigenvalue weighted by Crippen LogP contribution is -2.36. The van der Waals surface area contributed by atoms with E-state index in [2.05, 4.69) is 5.32 Å². The molecule has 1 atom stereocenters. The molecule has 0 spiro atoms. The second-order valence-corrected chi connectivity index (χ2v) is 4.96. The summed E-state index contributed by atoms with van der Waals surface area (Å²) in [6.45, 7) is 2.72. The molecule has 0 aromatic rings. The molecule has 0 saturated carbocycles. The summed E-state index contributed by atoms with van der Waals surface area (Å²) in [5.41, 5.74) is 0. The average molecular weight is 260 g/mol. The molecule has 1 fully saturated rings. The SMILES string of the molecule is CC(CC(=O)O)NC(=O)CCN1CCSC1=O. The van der Waals surface area contributed by atoms with Crippen LogP contribution in [-0.2, 0) is 9.59 Å². The maximum atomic E-state index is 11.4. The first-order chi connectivity index (χ1) is 7.99. The Labute approximate surface area is 104 Å². The van der Waals surface area contributed by atoms with Crippen LogP contribution in [-0.4, -0.2) is 52.0 Å². The van der Waals surface area contributed by atoms with Crippen molar-refractivity contribution in [3.8, 4) is 0 Å². The molecule has 0 bridgehead atoms. The minimum atomic E-state index is -0.941. The average Bonchev–Trinajstić information content (AvgIpc) is 2.59. The molecule has 1 heterocycles. The van der Waals surface area contributed by atoms with Crippen LogP contribution in [0.4, 0.5) is 4.79 Å². The molecule has 1 aliphatic rings. The summed E-state index contributed by atoms with van der Waals surface area (Å²) >= 11 is 1.26. The Balaban J connectivity index is 2.20. The lowest BCUT2D eigenvalue weighted by atomic mass is 10.2. The maximum Gasteiger partial charge on any atom is 0.305 e. The first-order valence-electron chi connectivity index (χ1n) is 5.42.